The van der Waals surface area contributed by atoms with E-state index in [1.807, 2.05) is 32.4 Å². The lowest BCUT2D eigenvalue weighted by atomic mass is 10.2. The second kappa shape index (κ2) is 7.51. The van der Waals surface area contributed by atoms with Gasteiger partial charge in [0.15, 0.2) is 0 Å². The van der Waals surface area contributed by atoms with Gasteiger partial charge in [0, 0.05) is 4.88 Å². The Labute approximate surface area is 91.2 Å². The van der Waals surface area contributed by atoms with E-state index in [9.17, 15) is 0 Å². The van der Waals surface area contributed by atoms with Crippen molar-refractivity contribution in [3.63, 3.8) is 0 Å². The van der Waals surface area contributed by atoms with E-state index < -0.39 is 0 Å². The van der Waals surface area contributed by atoms with E-state index in [0.29, 0.717) is 0 Å². The molecule has 1 aromatic rings. The van der Waals surface area contributed by atoms with E-state index >= 15 is 0 Å². The normalized spacial score (nSPS) is 10.4. The number of nitrogens with zero attached hydrogens (tertiary/aromatic N) is 1. The molecule has 0 aliphatic heterocycles. The molecule has 0 aliphatic carbocycles. The highest BCUT2D eigenvalue weighted by Gasteiger charge is 1.99. The molecule has 1 aromatic heterocycles. The van der Waals surface area contributed by atoms with Crippen LogP contribution < -0.4 is 0 Å². The third-order valence-electron chi connectivity index (χ3n) is 1.68. The van der Waals surface area contributed by atoms with Crippen LogP contribution in [-0.4, -0.2) is 4.98 Å². The Morgan fingerprint density at radius 2 is 2.21 bits per heavy atom. The van der Waals surface area contributed by atoms with E-state index in [0.717, 1.165) is 17.7 Å². The van der Waals surface area contributed by atoms with Crippen LogP contribution >= 0.6 is 11.3 Å². The fourth-order valence-corrected chi connectivity index (χ4v) is 1.63. The van der Waals surface area contributed by atoms with Gasteiger partial charge in [-0.25, -0.2) is 4.98 Å². The van der Waals surface area contributed by atoms with Gasteiger partial charge in [0.05, 0.1) is 11.2 Å². The Bertz CT molecular complexity index is 297. The number of allylic oxidation sites excluding steroid dienone is 2. The molecule has 0 fully saturated rings. The molecule has 1 nitrogen and oxygen atoms in total. The number of aryl methyl sites for hydroxylation is 1. The summed E-state index contributed by atoms with van der Waals surface area (Å²) in [6.45, 7) is 11.9. The molecule has 78 valence electrons. The quantitative estimate of drug-likeness (QED) is 0.676. The molecule has 0 spiro atoms. The molecule has 0 saturated carbocycles. The van der Waals surface area contributed by atoms with Crippen LogP contribution in [0.4, 0.5) is 0 Å². The first-order chi connectivity index (χ1) is 6.77. The smallest absolute Gasteiger partial charge is 0.0801 e. The lowest BCUT2D eigenvalue weighted by molar-refractivity contribution is 1.15. The highest BCUT2D eigenvalue weighted by molar-refractivity contribution is 7.09. The van der Waals surface area contributed by atoms with Crippen molar-refractivity contribution in [2.24, 2.45) is 0 Å². The van der Waals surface area contributed by atoms with Crippen molar-refractivity contribution in [2.75, 3.05) is 0 Å². The Morgan fingerprint density at radius 3 is 2.71 bits per heavy atom. The molecule has 0 radical (unpaired) electrons. The van der Waals surface area contributed by atoms with Crippen LogP contribution in [0.2, 0.25) is 0 Å². The second-order valence-electron chi connectivity index (χ2n) is 2.61. The molecule has 0 atom stereocenters. The largest absolute Gasteiger partial charge is 0.245 e. The van der Waals surface area contributed by atoms with Gasteiger partial charge in [0.25, 0.3) is 0 Å². The molecule has 2 heteroatoms. The van der Waals surface area contributed by atoms with Crippen molar-refractivity contribution >= 4 is 17.4 Å². The van der Waals surface area contributed by atoms with Gasteiger partial charge in [-0.2, -0.15) is 0 Å². The van der Waals surface area contributed by atoms with Gasteiger partial charge in [-0.1, -0.05) is 33.4 Å². The Kier molecular flexibility index (Phi) is 7.03. The van der Waals surface area contributed by atoms with Crippen molar-refractivity contribution < 1.29 is 0 Å². The zero-order valence-corrected chi connectivity index (χ0v) is 10.3. The van der Waals surface area contributed by atoms with Crippen LogP contribution in [0.5, 0.6) is 0 Å². The predicted molar refractivity (Wildman–Crippen MR) is 66.7 cm³/mol. The first-order valence-corrected chi connectivity index (χ1v) is 5.89. The second-order valence-corrected chi connectivity index (χ2v) is 3.55. The predicted octanol–water partition coefficient (Wildman–Crippen LogP) is 4.32. The summed E-state index contributed by atoms with van der Waals surface area (Å²) < 4.78 is 0. The average molecular weight is 209 g/mol. The highest BCUT2D eigenvalue weighted by atomic mass is 32.1. The minimum atomic E-state index is 1.06. The van der Waals surface area contributed by atoms with Gasteiger partial charge < -0.3 is 0 Å². The van der Waals surface area contributed by atoms with Crippen LogP contribution in [0, 0.1) is 0 Å². The van der Waals surface area contributed by atoms with Gasteiger partial charge in [-0.05, 0) is 25.0 Å². The molecule has 14 heavy (non-hydrogen) atoms. The maximum Gasteiger partial charge on any atom is 0.0801 e. The number of hydrogen-bond acceptors (Lipinski definition) is 2. The fourth-order valence-electron chi connectivity index (χ4n) is 0.936. The third kappa shape index (κ3) is 3.88. The SMILES string of the molecule is C=C/C(C)=C\c1ncsc1CC.CC. The van der Waals surface area contributed by atoms with E-state index in [2.05, 4.69) is 24.6 Å². The standard InChI is InChI=1S/C10H13NS.C2H6/c1-4-8(3)6-9-10(5-2)12-7-11-9;1-2/h4,6-7H,1,5H2,2-3H3;1-2H3/b8-6-;. The molecule has 1 heterocycles. The summed E-state index contributed by atoms with van der Waals surface area (Å²) >= 11 is 1.71. The lowest BCUT2D eigenvalue weighted by Crippen LogP contribution is -1.80. The van der Waals surface area contributed by atoms with Crippen LogP contribution in [0.1, 0.15) is 38.3 Å². The van der Waals surface area contributed by atoms with Crippen LogP contribution in [0.15, 0.2) is 23.7 Å². The van der Waals surface area contributed by atoms with Gasteiger partial charge in [-0.3, -0.25) is 0 Å². The van der Waals surface area contributed by atoms with Crippen molar-refractivity contribution in [1.82, 2.24) is 4.98 Å². The zero-order valence-electron chi connectivity index (χ0n) is 9.50. The maximum atomic E-state index is 4.27. The number of hydrogen-bond donors (Lipinski definition) is 0. The first-order valence-electron chi connectivity index (χ1n) is 5.01. The van der Waals surface area contributed by atoms with Crippen LogP contribution in [-0.2, 0) is 6.42 Å². The zero-order chi connectivity index (χ0) is 11.0. The van der Waals surface area contributed by atoms with Crippen molar-refractivity contribution in [1.29, 1.82) is 0 Å². The van der Waals surface area contributed by atoms with Gasteiger partial charge in [0.2, 0.25) is 0 Å². The molecule has 0 bridgehead atoms. The number of rotatable bonds is 3. The third-order valence-corrected chi connectivity index (χ3v) is 2.67. The van der Waals surface area contributed by atoms with Crippen molar-refractivity contribution in [3.8, 4) is 0 Å². The molecule has 0 amide bonds. The van der Waals surface area contributed by atoms with E-state index in [1.54, 1.807) is 11.3 Å². The molecule has 1 rings (SSSR count). The molecule has 0 unspecified atom stereocenters. The Morgan fingerprint density at radius 1 is 1.57 bits per heavy atom. The van der Waals surface area contributed by atoms with Crippen molar-refractivity contribution in [2.45, 2.75) is 34.1 Å². The van der Waals surface area contributed by atoms with E-state index in [-0.39, 0.29) is 0 Å². The lowest BCUT2D eigenvalue weighted by Gasteiger charge is -1.93. The topological polar surface area (TPSA) is 12.9 Å². The maximum absolute atomic E-state index is 4.27. The first kappa shape index (κ1) is 13.1. The Hall–Kier alpha value is -0.890. The monoisotopic (exact) mass is 209 g/mol. The fraction of sp³-hybridized carbons (Fsp3) is 0.417. The van der Waals surface area contributed by atoms with Crippen LogP contribution in [0.3, 0.4) is 0 Å². The Balaban J connectivity index is 0.000000791. The summed E-state index contributed by atoms with van der Waals surface area (Å²) in [4.78, 5) is 5.61. The summed E-state index contributed by atoms with van der Waals surface area (Å²) in [5.74, 6) is 0. The highest BCUT2D eigenvalue weighted by Crippen LogP contribution is 2.16. The molecule has 0 aliphatic rings. The summed E-state index contributed by atoms with van der Waals surface area (Å²) in [6, 6.07) is 0. The average Bonchev–Trinajstić information content (AvgIpc) is 2.68. The van der Waals surface area contributed by atoms with Gasteiger partial charge in [-0.15, -0.1) is 11.3 Å². The van der Waals surface area contributed by atoms with Gasteiger partial charge >= 0.3 is 0 Å². The van der Waals surface area contributed by atoms with Crippen molar-refractivity contribution in [3.05, 3.63) is 34.3 Å². The van der Waals surface area contributed by atoms with E-state index in [4.69, 9.17) is 0 Å². The molecular formula is C12H19NS. The summed E-state index contributed by atoms with van der Waals surface area (Å²) in [5, 5.41) is 0. The van der Waals surface area contributed by atoms with Crippen LogP contribution in [0.25, 0.3) is 6.08 Å². The summed E-state index contributed by atoms with van der Waals surface area (Å²) in [7, 11) is 0. The number of thiazole rings is 1. The minimum Gasteiger partial charge on any atom is -0.245 e. The van der Waals surface area contributed by atoms with E-state index in [1.165, 1.54) is 4.88 Å². The molecule has 0 saturated heterocycles. The summed E-state index contributed by atoms with van der Waals surface area (Å²) in [5.41, 5.74) is 4.15. The number of aromatic nitrogens is 1. The minimum absolute atomic E-state index is 1.06. The summed E-state index contributed by atoms with van der Waals surface area (Å²) in [6.07, 6.45) is 4.97. The van der Waals surface area contributed by atoms with Gasteiger partial charge in [0.1, 0.15) is 0 Å². The molecule has 0 N–H and O–H groups in total. The molecular weight excluding hydrogens is 190 g/mol. The molecule has 0 aromatic carbocycles.